The first-order valence-electron chi connectivity index (χ1n) is 7.61. The first-order valence-corrected chi connectivity index (χ1v) is 7.61. The fourth-order valence-electron chi connectivity index (χ4n) is 4.55. The fraction of sp³-hybridized carbons (Fsp3) is 0.667. The van der Waals surface area contributed by atoms with Crippen molar-refractivity contribution in [1.82, 2.24) is 0 Å². The van der Waals surface area contributed by atoms with Crippen LogP contribution in [0.5, 0.6) is 5.75 Å². The molecule has 1 aliphatic carbocycles. The van der Waals surface area contributed by atoms with Crippen LogP contribution in [0.3, 0.4) is 0 Å². The van der Waals surface area contributed by atoms with E-state index in [4.69, 9.17) is 10.5 Å². The highest BCUT2D eigenvalue weighted by molar-refractivity contribution is 5.47. The summed E-state index contributed by atoms with van der Waals surface area (Å²) in [5, 5.41) is 0. The molecule has 1 fully saturated rings. The van der Waals surface area contributed by atoms with Gasteiger partial charge in [0.05, 0.1) is 7.11 Å². The van der Waals surface area contributed by atoms with Gasteiger partial charge in [-0.2, -0.15) is 0 Å². The summed E-state index contributed by atoms with van der Waals surface area (Å²) in [6.45, 7) is 11.3. The molecular weight excluding hydrogens is 246 g/mol. The van der Waals surface area contributed by atoms with Crippen LogP contribution >= 0.6 is 0 Å². The zero-order chi connectivity index (χ0) is 15.1. The van der Waals surface area contributed by atoms with Gasteiger partial charge in [-0.25, -0.2) is 0 Å². The van der Waals surface area contributed by atoms with Crippen LogP contribution in [0, 0.1) is 25.2 Å². The third-order valence-corrected chi connectivity index (χ3v) is 4.57. The Bertz CT molecular complexity index is 506. The lowest BCUT2D eigenvalue weighted by Gasteiger charge is -2.46. The molecule has 0 radical (unpaired) electrons. The van der Waals surface area contributed by atoms with Gasteiger partial charge in [-0.1, -0.05) is 26.8 Å². The van der Waals surface area contributed by atoms with Crippen LogP contribution in [0.25, 0.3) is 0 Å². The van der Waals surface area contributed by atoms with Gasteiger partial charge in [0.15, 0.2) is 0 Å². The largest absolute Gasteiger partial charge is 0.496 e. The highest BCUT2D eigenvalue weighted by Gasteiger charge is 2.43. The summed E-state index contributed by atoms with van der Waals surface area (Å²) in [4.78, 5) is 0. The van der Waals surface area contributed by atoms with E-state index < -0.39 is 0 Å². The summed E-state index contributed by atoms with van der Waals surface area (Å²) in [7, 11) is 1.75. The average molecular weight is 275 g/mol. The molecule has 20 heavy (non-hydrogen) atoms. The maximum atomic E-state index is 6.89. The second kappa shape index (κ2) is 5.07. The summed E-state index contributed by atoms with van der Waals surface area (Å²) < 4.78 is 5.65. The molecule has 0 bridgehead atoms. The van der Waals surface area contributed by atoms with E-state index in [0.29, 0.717) is 5.92 Å². The van der Waals surface area contributed by atoms with Gasteiger partial charge in [0.1, 0.15) is 5.75 Å². The highest BCUT2D eigenvalue weighted by Crippen LogP contribution is 2.50. The Morgan fingerprint density at radius 1 is 1.20 bits per heavy atom. The zero-order valence-corrected chi connectivity index (χ0v) is 13.8. The summed E-state index contributed by atoms with van der Waals surface area (Å²) >= 11 is 0. The van der Waals surface area contributed by atoms with Crippen molar-refractivity contribution in [1.29, 1.82) is 0 Å². The molecule has 1 aromatic carbocycles. The monoisotopic (exact) mass is 275 g/mol. The van der Waals surface area contributed by atoms with Crippen molar-refractivity contribution < 1.29 is 4.74 Å². The highest BCUT2D eigenvalue weighted by atomic mass is 16.5. The Labute approximate surface area is 123 Å². The zero-order valence-electron chi connectivity index (χ0n) is 13.8. The number of hydrogen-bond donors (Lipinski definition) is 1. The molecule has 0 aromatic heterocycles. The van der Waals surface area contributed by atoms with Gasteiger partial charge in [0.25, 0.3) is 0 Å². The van der Waals surface area contributed by atoms with Crippen LogP contribution in [-0.2, 0) is 5.54 Å². The number of benzene rings is 1. The van der Waals surface area contributed by atoms with E-state index in [1.807, 2.05) is 0 Å². The van der Waals surface area contributed by atoms with Gasteiger partial charge in [0, 0.05) is 11.1 Å². The number of nitrogens with two attached hydrogens (primary N) is 1. The molecule has 2 rings (SSSR count). The Hall–Kier alpha value is -1.02. The lowest BCUT2D eigenvalue weighted by Crippen LogP contribution is -2.47. The Morgan fingerprint density at radius 2 is 1.85 bits per heavy atom. The van der Waals surface area contributed by atoms with E-state index in [1.54, 1.807) is 7.11 Å². The number of methoxy groups -OCH3 is 1. The van der Waals surface area contributed by atoms with Gasteiger partial charge < -0.3 is 10.5 Å². The first kappa shape index (κ1) is 15.4. The Kier molecular flexibility index (Phi) is 3.90. The molecule has 2 nitrogen and oxygen atoms in total. The maximum absolute atomic E-state index is 6.89. The molecule has 0 heterocycles. The average Bonchev–Trinajstić information content (AvgIpc) is 2.23. The van der Waals surface area contributed by atoms with Crippen molar-refractivity contribution in [3.63, 3.8) is 0 Å². The molecular formula is C18H29NO. The van der Waals surface area contributed by atoms with Gasteiger partial charge in [0.2, 0.25) is 0 Å². The van der Waals surface area contributed by atoms with Crippen molar-refractivity contribution in [3.05, 3.63) is 28.8 Å². The van der Waals surface area contributed by atoms with E-state index in [9.17, 15) is 0 Å². The quantitative estimate of drug-likeness (QED) is 0.872. The second-order valence-electron chi connectivity index (χ2n) is 7.67. The molecule has 2 atom stereocenters. The molecule has 2 unspecified atom stereocenters. The third kappa shape index (κ3) is 2.85. The van der Waals surface area contributed by atoms with Crippen molar-refractivity contribution in [2.45, 2.75) is 59.4 Å². The minimum Gasteiger partial charge on any atom is -0.496 e. The number of ether oxygens (including phenoxy) is 1. The van der Waals surface area contributed by atoms with E-state index in [2.05, 4.69) is 46.8 Å². The van der Waals surface area contributed by atoms with E-state index in [1.165, 1.54) is 23.1 Å². The van der Waals surface area contributed by atoms with Crippen LogP contribution in [0.4, 0.5) is 0 Å². The standard InChI is InChI=1S/C18H29NO/c1-12-7-14(3)16(15(8-12)20-6)18(19)10-13(2)9-17(4,5)11-18/h7-8,13H,9-11,19H2,1-6H3. The lowest BCUT2D eigenvalue weighted by molar-refractivity contribution is 0.105. The maximum Gasteiger partial charge on any atom is 0.124 e. The molecule has 0 aliphatic heterocycles. The molecule has 1 aromatic rings. The van der Waals surface area contributed by atoms with E-state index in [-0.39, 0.29) is 11.0 Å². The molecule has 1 aliphatic rings. The molecule has 112 valence electrons. The molecule has 2 N–H and O–H groups in total. The molecule has 0 saturated heterocycles. The number of hydrogen-bond acceptors (Lipinski definition) is 2. The molecule has 1 saturated carbocycles. The third-order valence-electron chi connectivity index (χ3n) is 4.57. The van der Waals surface area contributed by atoms with Crippen LogP contribution in [0.15, 0.2) is 12.1 Å². The molecule has 0 amide bonds. The van der Waals surface area contributed by atoms with Crippen LogP contribution < -0.4 is 10.5 Å². The van der Waals surface area contributed by atoms with Gasteiger partial charge in [-0.3, -0.25) is 0 Å². The molecule has 2 heteroatoms. The van der Waals surface area contributed by atoms with Crippen LogP contribution in [0.2, 0.25) is 0 Å². The van der Waals surface area contributed by atoms with Crippen LogP contribution in [-0.4, -0.2) is 7.11 Å². The van der Waals surface area contributed by atoms with Gasteiger partial charge in [-0.15, -0.1) is 0 Å². The predicted molar refractivity (Wildman–Crippen MR) is 85.1 cm³/mol. The van der Waals surface area contributed by atoms with Crippen molar-refractivity contribution in [3.8, 4) is 5.75 Å². The molecule has 0 spiro atoms. The summed E-state index contributed by atoms with van der Waals surface area (Å²) in [6, 6.07) is 4.34. The summed E-state index contributed by atoms with van der Waals surface area (Å²) in [5.74, 6) is 1.60. The minimum atomic E-state index is -0.274. The topological polar surface area (TPSA) is 35.2 Å². The normalized spacial score (nSPS) is 29.2. The minimum absolute atomic E-state index is 0.274. The van der Waals surface area contributed by atoms with Gasteiger partial charge in [-0.05, 0) is 61.6 Å². The number of rotatable bonds is 2. The van der Waals surface area contributed by atoms with Crippen molar-refractivity contribution >= 4 is 0 Å². The van der Waals surface area contributed by atoms with Crippen molar-refractivity contribution in [2.24, 2.45) is 17.1 Å². The number of aryl methyl sites for hydroxylation is 2. The SMILES string of the molecule is COc1cc(C)cc(C)c1C1(N)CC(C)CC(C)(C)C1. The smallest absolute Gasteiger partial charge is 0.124 e. The van der Waals surface area contributed by atoms with E-state index >= 15 is 0 Å². The summed E-state index contributed by atoms with van der Waals surface area (Å²) in [5.41, 5.74) is 10.6. The summed E-state index contributed by atoms with van der Waals surface area (Å²) in [6.07, 6.45) is 3.31. The van der Waals surface area contributed by atoms with Crippen molar-refractivity contribution in [2.75, 3.05) is 7.11 Å². The fourth-order valence-corrected chi connectivity index (χ4v) is 4.55. The second-order valence-corrected chi connectivity index (χ2v) is 7.67. The first-order chi connectivity index (χ1) is 9.17. The van der Waals surface area contributed by atoms with Gasteiger partial charge >= 0.3 is 0 Å². The Morgan fingerprint density at radius 3 is 2.40 bits per heavy atom. The lowest BCUT2D eigenvalue weighted by atomic mass is 9.62. The van der Waals surface area contributed by atoms with E-state index in [0.717, 1.165) is 18.6 Å². The Balaban J connectivity index is 2.54. The van der Waals surface area contributed by atoms with Crippen LogP contribution in [0.1, 0.15) is 56.7 Å². The predicted octanol–water partition coefficient (Wildman–Crippen LogP) is 4.31.